The van der Waals surface area contributed by atoms with E-state index in [1.165, 1.54) is 0 Å². The SMILES string of the molecule is OCCCCn1cc(-c2ccnc3[nH]ccc23)cn1. The first-order valence-corrected chi connectivity index (χ1v) is 6.44. The van der Waals surface area contributed by atoms with Crippen LogP contribution in [0.25, 0.3) is 22.2 Å². The minimum atomic E-state index is 0.239. The van der Waals surface area contributed by atoms with Crippen LogP contribution in [0.1, 0.15) is 12.8 Å². The van der Waals surface area contributed by atoms with E-state index in [4.69, 9.17) is 5.11 Å². The molecular formula is C14H16N4O. The fourth-order valence-corrected chi connectivity index (χ4v) is 2.22. The smallest absolute Gasteiger partial charge is 0.137 e. The summed E-state index contributed by atoms with van der Waals surface area (Å²) < 4.78 is 1.92. The van der Waals surface area contributed by atoms with E-state index in [9.17, 15) is 0 Å². The van der Waals surface area contributed by atoms with E-state index >= 15 is 0 Å². The molecule has 0 aliphatic heterocycles. The molecule has 3 rings (SSSR count). The highest BCUT2D eigenvalue weighted by atomic mass is 16.2. The van der Waals surface area contributed by atoms with Crippen molar-refractivity contribution in [3.05, 3.63) is 36.9 Å². The summed E-state index contributed by atoms with van der Waals surface area (Å²) in [6.07, 6.45) is 9.37. The molecule has 98 valence electrons. The van der Waals surface area contributed by atoms with E-state index < -0.39 is 0 Å². The van der Waals surface area contributed by atoms with Gasteiger partial charge in [0.25, 0.3) is 0 Å². The van der Waals surface area contributed by atoms with Crippen molar-refractivity contribution in [3.8, 4) is 11.1 Å². The Morgan fingerprint density at radius 1 is 1.26 bits per heavy atom. The van der Waals surface area contributed by atoms with Gasteiger partial charge in [0.05, 0.1) is 6.20 Å². The molecule has 0 aromatic carbocycles. The predicted octanol–water partition coefficient (Wildman–Crippen LogP) is 2.20. The van der Waals surface area contributed by atoms with Crippen LogP contribution in [0.5, 0.6) is 0 Å². The van der Waals surface area contributed by atoms with Crippen LogP contribution in [0, 0.1) is 0 Å². The summed E-state index contributed by atoms with van der Waals surface area (Å²) in [5.41, 5.74) is 3.13. The summed E-state index contributed by atoms with van der Waals surface area (Å²) in [6.45, 7) is 1.07. The van der Waals surface area contributed by atoms with Crippen LogP contribution in [0.2, 0.25) is 0 Å². The maximum Gasteiger partial charge on any atom is 0.137 e. The number of aliphatic hydroxyl groups excluding tert-OH is 1. The number of fused-ring (bicyclic) bond motifs is 1. The number of aromatic amines is 1. The third-order valence-corrected chi connectivity index (χ3v) is 3.20. The van der Waals surface area contributed by atoms with Gasteiger partial charge in [-0.15, -0.1) is 0 Å². The molecule has 2 N–H and O–H groups in total. The number of aromatic nitrogens is 4. The first-order valence-electron chi connectivity index (χ1n) is 6.44. The number of aryl methyl sites for hydroxylation is 1. The highest BCUT2D eigenvalue weighted by Gasteiger charge is 2.07. The molecule has 0 aliphatic carbocycles. The first kappa shape index (κ1) is 11.9. The van der Waals surface area contributed by atoms with E-state index in [1.54, 1.807) is 6.20 Å². The summed E-state index contributed by atoms with van der Waals surface area (Å²) in [7, 11) is 0. The molecular weight excluding hydrogens is 240 g/mol. The molecule has 3 heterocycles. The lowest BCUT2D eigenvalue weighted by atomic mass is 10.1. The summed E-state index contributed by atoms with van der Waals surface area (Å²) in [5.74, 6) is 0. The highest BCUT2D eigenvalue weighted by Crippen LogP contribution is 2.26. The Morgan fingerprint density at radius 2 is 2.21 bits per heavy atom. The quantitative estimate of drug-likeness (QED) is 0.688. The van der Waals surface area contributed by atoms with Gasteiger partial charge in [0.1, 0.15) is 5.65 Å². The predicted molar refractivity (Wildman–Crippen MR) is 73.6 cm³/mol. The van der Waals surface area contributed by atoms with Crippen LogP contribution < -0.4 is 0 Å². The van der Waals surface area contributed by atoms with Crippen molar-refractivity contribution in [1.29, 1.82) is 0 Å². The van der Waals surface area contributed by atoms with Gasteiger partial charge >= 0.3 is 0 Å². The highest BCUT2D eigenvalue weighted by molar-refractivity contribution is 5.92. The van der Waals surface area contributed by atoms with Crippen molar-refractivity contribution in [1.82, 2.24) is 19.7 Å². The van der Waals surface area contributed by atoms with Crippen LogP contribution in [-0.4, -0.2) is 31.5 Å². The van der Waals surface area contributed by atoms with Gasteiger partial charge in [-0.05, 0) is 30.5 Å². The molecule has 0 saturated heterocycles. The van der Waals surface area contributed by atoms with Gasteiger partial charge in [-0.3, -0.25) is 4.68 Å². The van der Waals surface area contributed by atoms with Crippen LogP contribution in [0.15, 0.2) is 36.9 Å². The van der Waals surface area contributed by atoms with Gasteiger partial charge in [-0.2, -0.15) is 5.10 Å². The number of nitrogens with one attached hydrogen (secondary N) is 1. The van der Waals surface area contributed by atoms with E-state index in [0.717, 1.165) is 41.5 Å². The number of hydrogen-bond donors (Lipinski definition) is 2. The number of hydrogen-bond acceptors (Lipinski definition) is 3. The first-order chi connectivity index (χ1) is 9.38. The molecule has 0 spiro atoms. The van der Waals surface area contributed by atoms with E-state index in [0.29, 0.717) is 0 Å². The molecule has 0 bridgehead atoms. The molecule has 0 aliphatic rings. The van der Waals surface area contributed by atoms with E-state index in [2.05, 4.69) is 15.1 Å². The standard InChI is InChI=1S/C14H16N4O/c19-8-2-1-7-18-10-11(9-17-18)12-3-5-15-14-13(12)4-6-16-14/h3-6,9-10,19H,1-2,7-8H2,(H,15,16). The Balaban J connectivity index is 1.88. The average molecular weight is 256 g/mol. The fourth-order valence-electron chi connectivity index (χ4n) is 2.22. The summed E-state index contributed by atoms with van der Waals surface area (Å²) in [4.78, 5) is 7.40. The lowest BCUT2D eigenvalue weighted by molar-refractivity contribution is 0.280. The molecule has 0 atom stereocenters. The van der Waals surface area contributed by atoms with Crippen LogP contribution >= 0.6 is 0 Å². The van der Waals surface area contributed by atoms with Gasteiger partial charge in [-0.1, -0.05) is 0 Å². The molecule has 5 nitrogen and oxygen atoms in total. The zero-order valence-electron chi connectivity index (χ0n) is 10.6. The Morgan fingerprint density at radius 3 is 3.11 bits per heavy atom. The zero-order valence-corrected chi connectivity index (χ0v) is 10.6. The minimum Gasteiger partial charge on any atom is -0.396 e. The van der Waals surface area contributed by atoms with Gasteiger partial charge in [0, 0.05) is 42.7 Å². The third-order valence-electron chi connectivity index (χ3n) is 3.20. The largest absolute Gasteiger partial charge is 0.396 e. The number of nitrogens with zero attached hydrogens (tertiary/aromatic N) is 3. The van der Waals surface area contributed by atoms with Crippen LogP contribution in [-0.2, 0) is 6.54 Å². The number of aliphatic hydroxyl groups is 1. The van der Waals surface area contributed by atoms with Crippen molar-refractivity contribution in [2.45, 2.75) is 19.4 Å². The van der Waals surface area contributed by atoms with Crippen molar-refractivity contribution in [2.75, 3.05) is 6.61 Å². The van der Waals surface area contributed by atoms with Crippen molar-refractivity contribution in [2.24, 2.45) is 0 Å². The summed E-state index contributed by atoms with van der Waals surface area (Å²) in [6, 6.07) is 4.03. The Labute approximate surface area is 110 Å². The molecule has 0 saturated carbocycles. The van der Waals surface area contributed by atoms with Gasteiger partial charge in [0.15, 0.2) is 0 Å². The Bertz CT molecular complexity index is 671. The minimum absolute atomic E-state index is 0.239. The zero-order chi connectivity index (χ0) is 13.1. The summed E-state index contributed by atoms with van der Waals surface area (Å²) >= 11 is 0. The Kier molecular flexibility index (Phi) is 3.29. The second-order valence-electron chi connectivity index (χ2n) is 4.52. The van der Waals surface area contributed by atoms with Crippen molar-refractivity contribution >= 4 is 11.0 Å². The van der Waals surface area contributed by atoms with Crippen molar-refractivity contribution in [3.63, 3.8) is 0 Å². The molecule has 19 heavy (non-hydrogen) atoms. The van der Waals surface area contributed by atoms with Gasteiger partial charge in [-0.25, -0.2) is 4.98 Å². The second-order valence-corrected chi connectivity index (χ2v) is 4.52. The summed E-state index contributed by atoms with van der Waals surface area (Å²) in [5, 5.41) is 14.3. The normalized spacial score (nSPS) is 11.2. The monoisotopic (exact) mass is 256 g/mol. The number of rotatable bonds is 5. The fraction of sp³-hybridized carbons (Fsp3) is 0.286. The van der Waals surface area contributed by atoms with Crippen molar-refractivity contribution < 1.29 is 5.11 Å². The molecule has 5 heteroatoms. The van der Waals surface area contributed by atoms with Crippen LogP contribution in [0.4, 0.5) is 0 Å². The maximum absolute atomic E-state index is 8.78. The second kappa shape index (κ2) is 5.24. The molecule has 0 unspecified atom stereocenters. The molecule has 3 aromatic heterocycles. The van der Waals surface area contributed by atoms with E-state index in [1.807, 2.05) is 35.4 Å². The number of H-pyrrole nitrogens is 1. The number of pyridine rings is 1. The Hall–Kier alpha value is -2.14. The topological polar surface area (TPSA) is 66.7 Å². The molecule has 3 aromatic rings. The average Bonchev–Trinajstić information content (AvgIpc) is 3.07. The van der Waals surface area contributed by atoms with Gasteiger partial charge < -0.3 is 10.1 Å². The molecule has 0 fully saturated rings. The lowest BCUT2D eigenvalue weighted by Gasteiger charge is -2.00. The lowest BCUT2D eigenvalue weighted by Crippen LogP contribution is -1.98. The maximum atomic E-state index is 8.78. The van der Waals surface area contributed by atoms with Gasteiger partial charge in [0.2, 0.25) is 0 Å². The molecule has 0 amide bonds. The van der Waals surface area contributed by atoms with E-state index in [-0.39, 0.29) is 6.61 Å². The third kappa shape index (κ3) is 2.37. The number of unbranched alkanes of at least 4 members (excludes halogenated alkanes) is 1. The molecule has 0 radical (unpaired) electrons. The van der Waals surface area contributed by atoms with Crippen LogP contribution in [0.3, 0.4) is 0 Å².